The maximum Gasteiger partial charge on any atom is 2.00 e. The molecule has 0 amide bonds. The van der Waals surface area contributed by atoms with Gasteiger partial charge >= 0.3 is 23.1 Å². The van der Waals surface area contributed by atoms with Crippen LogP contribution < -0.4 is 17.0 Å². The van der Waals surface area contributed by atoms with E-state index in [1.165, 1.54) is 12.0 Å². The molecule has 1 aromatic rings. The van der Waals surface area contributed by atoms with E-state index in [9.17, 15) is 0 Å². The van der Waals surface area contributed by atoms with Gasteiger partial charge in [0.1, 0.15) is 0 Å². The van der Waals surface area contributed by atoms with E-state index in [4.69, 9.17) is 28.6 Å². The molecule has 0 aromatic heterocycles. The van der Waals surface area contributed by atoms with Crippen LogP contribution in [0.25, 0.3) is 0 Å². The van der Waals surface area contributed by atoms with Gasteiger partial charge in [-0.25, -0.2) is 0 Å². The zero-order valence-corrected chi connectivity index (χ0v) is 15.5. The van der Waals surface area contributed by atoms with E-state index in [1.807, 2.05) is 25.1 Å². The van der Waals surface area contributed by atoms with Crippen molar-refractivity contribution >= 4 is 52.0 Å². The van der Waals surface area contributed by atoms with E-state index in [1.54, 1.807) is 0 Å². The Balaban J connectivity index is 0.00000162. The fraction of sp³-hybridized carbons (Fsp3) is 0.429. The molecule has 0 atom stereocenters. The molecule has 1 fully saturated rings. The fourth-order valence-corrected chi connectivity index (χ4v) is 2.61. The van der Waals surface area contributed by atoms with E-state index in [2.05, 4.69) is 6.42 Å². The van der Waals surface area contributed by atoms with Crippen molar-refractivity contribution in [3.63, 3.8) is 0 Å². The standard InChI is InChI=1S/C14H16Cl2N.BrH.Mg/c1-2-11(17)9-14(6-3-7-14)10-4-5-12(15)13(16)8-10;;/h4-5,8-9,17H,2-3,6-7H2,1H3;1H;/q-1;;+2/p-1. The van der Waals surface area contributed by atoms with Gasteiger partial charge in [-0.3, -0.25) is 0 Å². The first-order chi connectivity index (χ1) is 8.07. The second-order valence-corrected chi connectivity index (χ2v) is 5.48. The van der Waals surface area contributed by atoms with Crippen LogP contribution in [-0.4, -0.2) is 28.8 Å². The van der Waals surface area contributed by atoms with Crippen molar-refractivity contribution in [2.24, 2.45) is 0 Å². The summed E-state index contributed by atoms with van der Waals surface area (Å²) in [6.07, 6.45) is 6.30. The number of rotatable bonds is 4. The van der Waals surface area contributed by atoms with Crippen LogP contribution in [0, 0.1) is 11.8 Å². The molecule has 0 bridgehead atoms. The van der Waals surface area contributed by atoms with Crippen LogP contribution in [0.2, 0.25) is 10.0 Å². The molecular formula is C14H16BrCl2MgN. The van der Waals surface area contributed by atoms with E-state index in [0.29, 0.717) is 15.8 Å². The van der Waals surface area contributed by atoms with Crippen LogP contribution in [0.4, 0.5) is 0 Å². The molecule has 1 nitrogen and oxygen atoms in total. The molecule has 0 aliphatic heterocycles. The predicted molar refractivity (Wildman–Crippen MR) is 80.1 cm³/mol. The van der Waals surface area contributed by atoms with Gasteiger partial charge in [-0.15, -0.1) is 11.1 Å². The molecule has 1 aliphatic carbocycles. The summed E-state index contributed by atoms with van der Waals surface area (Å²) in [6.45, 7) is 2.01. The summed E-state index contributed by atoms with van der Waals surface area (Å²) in [5, 5.41) is 9.06. The van der Waals surface area contributed by atoms with Gasteiger partial charge in [-0.2, -0.15) is 0 Å². The number of nitrogens with one attached hydrogen (secondary N) is 1. The molecule has 1 saturated carbocycles. The van der Waals surface area contributed by atoms with Crippen molar-refractivity contribution in [1.29, 1.82) is 5.41 Å². The number of halogens is 3. The maximum atomic E-state index is 7.86. The summed E-state index contributed by atoms with van der Waals surface area (Å²) >= 11 is 12.0. The third kappa shape index (κ3) is 4.27. The minimum absolute atomic E-state index is 0. The van der Waals surface area contributed by atoms with Crippen LogP contribution in [0.3, 0.4) is 0 Å². The number of hydrogen-bond acceptors (Lipinski definition) is 1. The van der Waals surface area contributed by atoms with Crippen molar-refractivity contribution in [3.8, 4) is 0 Å². The van der Waals surface area contributed by atoms with Crippen LogP contribution >= 0.6 is 23.2 Å². The van der Waals surface area contributed by atoms with Gasteiger partial charge in [0.05, 0.1) is 10.0 Å². The molecule has 19 heavy (non-hydrogen) atoms. The molecule has 0 spiro atoms. The fourth-order valence-electron chi connectivity index (χ4n) is 2.32. The van der Waals surface area contributed by atoms with E-state index >= 15 is 0 Å². The number of hydrogen-bond donors (Lipinski definition) is 1. The molecule has 0 saturated heterocycles. The Morgan fingerprint density at radius 3 is 2.37 bits per heavy atom. The molecule has 1 aromatic carbocycles. The topological polar surface area (TPSA) is 23.9 Å². The second-order valence-electron chi connectivity index (χ2n) is 4.66. The molecule has 1 aliphatic rings. The normalized spacial score (nSPS) is 15.5. The van der Waals surface area contributed by atoms with Crippen LogP contribution in [0.15, 0.2) is 18.2 Å². The Kier molecular flexibility index (Phi) is 8.38. The quantitative estimate of drug-likeness (QED) is 0.472. The van der Waals surface area contributed by atoms with Crippen molar-refractivity contribution in [3.05, 3.63) is 40.2 Å². The van der Waals surface area contributed by atoms with Crippen LogP contribution in [-0.2, 0) is 5.41 Å². The van der Waals surface area contributed by atoms with Gasteiger partial charge in [0.25, 0.3) is 0 Å². The molecular weight excluding hydrogens is 357 g/mol. The molecule has 5 heteroatoms. The predicted octanol–water partition coefficient (Wildman–Crippen LogP) is 1.67. The second kappa shape index (κ2) is 8.13. The Labute approximate surface area is 151 Å². The van der Waals surface area contributed by atoms with Gasteiger partial charge in [0.15, 0.2) is 0 Å². The molecule has 1 N–H and O–H groups in total. The van der Waals surface area contributed by atoms with E-state index in [-0.39, 0.29) is 45.4 Å². The van der Waals surface area contributed by atoms with E-state index < -0.39 is 0 Å². The minimum Gasteiger partial charge on any atom is -1.00 e. The average Bonchev–Trinajstić information content (AvgIpc) is 2.27. The Morgan fingerprint density at radius 1 is 1.32 bits per heavy atom. The zero-order valence-electron chi connectivity index (χ0n) is 11.0. The van der Waals surface area contributed by atoms with Gasteiger partial charge in [-0.1, -0.05) is 61.0 Å². The van der Waals surface area contributed by atoms with Gasteiger partial charge in [0, 0.05) is 0 Å². The largest absolute Gasteiger partial charge is 2.00 e. The molecule has 0 radical (unpaired) electrons. The van der Waals surface area contributed by atoms with Gasteiger partial charge in [0.2, 0.25) is 0 Å². The maximum absolute atomic E-state index is 7.86. The summed E-state index contributed by atoms with van der Waals surface area (Å²) in [7, 11) is 0. The third-order valence-corrected chi connectivity index (χ3v) is 4.31. The van der Waals surface area contributed by atoms with Crippen molar-refractivity contribution < 1.29 is 17.0 Å². The van der Waals surface area contributed by atoms with Crippen LogP contribution in [0.1, 0.15) is 38.2 Å². The molecule has 0 unspecified atom stereocenters. The van der Waals surface area contributed by atoms with Crippen molar-refractivity contribution in [1.82, 2.24) is 0 Å². The molecule has 2 rings (SSSR count). The first kappa shape index (κ1) is 19.6. The van der Waals surface area contributed by atoms with Gasteiger partial charge in [-0.05, 0) is 18.6 Å². The van der Waals surface area contributed by atoms with E-state index in [0.717, 1.165) is 19.3 Å². The Bertz CT molecular complexity index is 447. The van der Waals surface area contributed by atoms with Crippen molar-refractivity contribution in [2.75, 3.05) is 0 Å². The monoisotopic (exact) mass is 371 g/mol. The summed E-state index contributed by atoms with van der Waals surface area (Å²) in [5.41, 5.74) is 1.92. The van der Waals surface area contributed by atoms with Gasteiger partial charge < -0.3 is 28.8 Å². The zero-order chi connectivity index (χ0) is 12.5. The van der Waals surface area contributed by atoms with Crippen LogP contribution in [0.5, 0.6) is 0 Å². The first-order valence-electron chi connectivity index (χ1n) is 5.96. The third-order valence-electron chi connectivity index (χ3n) is 3.57. The SMILES string of the molecule is CCC(=N)[CH-]C1(c2ccc(Cl)c(Cl)c2)CCC1.[Br-].[Mg+2]. The summed E-state index contributed by atoms with van der Waals surface area (Å²) in [4.78, 5) is 0. The summed E-state index contributed by atoms with van der Waals surface area (Å²) in [6, 6.07) is 5.83. The number of benzene rings is 1. The summed E-state index contributed by atoms with van der Waals surface area (Å²) in [5.74, 6) is 0. The average molecular weight is 373 g/mol. The molecule has 0 heterocycles. The smallest absolute Gasteiger partial charge is 1.00 e. The van der Waals surface area contributed by atoms with Crippen molar-refractivity contribution in [2.45, 2.75) is 38.0 Å². The first-order valence-corrected chi connectivity index (χ1v) is 6.72. The Morgan fingerprint density at radius 2 is 1.95 bits per heavy atom. The molecule has 100 valence electrons. The summed E-state index contributed by atoms with van der Waals surface area (Å²) < 4.78 is 0. The Hall–Kier alpha value is 0.586. The minimum atomic E-state index is 0.